The lowest BCUT2D eigenvalue weighted by Gasteiger charge is -2.29. The monoisotopic (exact) mass is 226 g/mol. The van der Waals surface area contributed by atoms with Crippen molar-refractivity contribution in [3.8, 4) is 0 Å². The van der Waals surface area contributed by atoms with Crippen LogP contribution < -0.4 is 4.90 Å². The first kappa shape index (κ1) is 11.7. The molecule has 0 amide bonds. The van der Waals surface area contributed by atoms with Crippen LogP contribution in [0.4, 0.5) is 5.69 Å². The Labute approximate surface area is 103 Å². The molecule has 0 unspecified atom stereocenters. The van der Waals surface area contributed by atoms with E-state index in [4.69, 9.17) is 0 Å². The van der Waals surface area contributed by atoms with E-state index in [1.807, 2.05) is 18.2 Å². The van der Waals surface area contributed by atoms with Crippen LogP contribution in [0.2, 0.25) is 0 Å². The molecule has 88 valence electrons. The van der Waals surface area contributed by atoms with Crippen LogP contribution in [0.1, 0.15) is 0 Å². The Morgan fingerprint density at radius 1 is 1.12 bits per heavy atom. The quantitative estimate of drug-likeness (QED) is 0.726. The summed E-state index contributed by atoms with van der Waals surface area (Å²) in [4.78, 5) is 4.46. The molecule has 0 bridgehead atoms. The van der Waals surface area contributed by atoms with Crippen LogP contribution in [0.5, 0.6) is 0 Å². The van der Waals surface area contributed by atoms with Gasteiger partial charge in [-0.3, -0.25) is 4.90 Å². The van der Waals surface area contributed by atoms with E-state index in [2.05, 4.69) is 59.8 Å². The smallest absolute Gasteiger partial charge is 0.0756 e. The highest BCUT2D eigenvalue weighted by molar-refractivity contribution is 5.53. The molecule has 1 aliphatic heterocycles. The van der Waals surface area contributed by atoms with Gasteiger partial charge in [-0.2, -0.15) is 0 Å². The van der Waals surface area contributed by atoms with Crippen LogP contribution in [0.3, 0.4) is 0 Å². The van der Waals surface area contributed by atoms with Crippen molar-refractivity contribution in [2.75, 3.05) is 25.2 Å². The number of hydrogen-bond donors (Lipinski definition) is 0. The highest BCUT2D eigenvalue weighted by Gasteiger charge is 2.10. The van der Waals surface area contributed by atoms with Crippen LogP contribution in [-0.2, 0) is 0 Å². The number of para-hydroxylation sites is 1. The first-order chi connectivity index (χ1) is 8.27. The predicted molar refractivity (Wildman–Crippen MR) is 73.8 cm³/mol. The van der Waals surface area contributed by atoms with E-state index in [1.54, 1.807) is 0 Å². The van der Waals surface area contributed by atoms with Crippen molar-refractivity contribution in [1.82, 2.24) is 4.90 Å². The summed E-state index contributed by atoms with van der Waals surface area (Å²) in [7, 11) is 2.11. The third kappa shape index (κ3) is 3.08. The second-order valence-corrected chi connectivity index (χ2v) is 4.22. The summed E-state index contributed by atoms with van der Waals surface area (Å²) in [5.41, 5.74) is 2.19. The van der Waals surface area contributed by atoms with E-state index in [-0.39, 0.29) is 0 Å². The van der Waals surface area contributed by atoms with Crippen LogP contribution in [0, 0.1) is 0 Å². The molecule has 2 rings (SSSR count). The lowest BCUT2D eigenvalue weighted by Crippen LogP contribution is -2.34. The molecule has 0 atom stereocenters. The SMILES string of the molecule is C=C1/C=C\C=C/CN(C)CN1c1ccccc1. The minimum Gasteiger partial charge on any atom is -0.329 e. The Balaban J connectivity index is 2.27. The molecule has 0 N–H and O–H groups in total. The molecule has 0 aliphatic carbocycles. The fourth-order valence-electron chi connectivity index (χ4n) is 1.82. The normalized spacial score (nSPS) is 21.5. The largest absolute Gasteiger partial charge is 0.329 e. The fourth-order valence-corrected chi connectivity index (χ4v) is 1.82. The first-order valence-corrected chi connectivity index (χ1v) is 5.80. The van der Waals surface area contributed by atoms with Crippen molar-refractivity contribution >= 4 is 5.69 Å². The van der Waals surface area contributed by atoms with Crippen LogP contribution in [0.25, 0.3) is 0 Å². The second kappa shape index (κ2) is 5.51. The van der Waals surface area contributed by atoms with Gasteiger partial charge < -0.3 is 4.90 Å². The summed E-state index contributed by atoms with van der Waals surface area (Å²) in [6.45, 7) is 5.92. The van der Waals surface area contributed by atoms with E-state index in [0.717, 1.165) is 18.9 Å². The van der Waals surface area contributed by atoms with Crippen molar-refractivity contribution in [2.45, 2.75) is 0 Å². The summed E-state index contributed by atoms with van der Waals surface area (Å²) in [6.07, 6.45) is 8.30. The van der Waals surface area contributed by atoms with Gasteiger partial charge in [-0.25, -0.2) is 0 Å². The maximum Gasteiger partial charge on any atom is 0.0756 e. The number of benzene rings is 1. The lowest BCUT2D eigenvalue weighted by atomic mass is 10.2. The van der Waals surface area contributed by atoms with Gasteiger partial charge in [0.05, 0.1) is 6.67 Å². The lowest BCUT2D eigenvalue weighted by molar-refractivity contribution is 0.376. The number of likely N-dealkylation sites (N-methyl/N-ethyl adjacent to an activating group) is 1. The molecule has 1 aromatic rings. The van der Waals surface area contributed by atoms with E-state index < -0.39 is 0 Å². The maximum atomic E-state index is 4.13. The second-order valence-electron chi connectivity index (χ2n) is 4.22. The molecule has 0 radical (unpaired) electrons. The Kier molecular flexibility index (Phi) is 3.78. The zero-order valence-electron chi connectivity index (χ0n) is 10.2. The zero-order valence-corrected chi connectivity index (χ0v) is 10.2. The van der Waals surface area contributed by atoms with Crippen molar-refractivity contribution in [2.24, 2.45) is 0 Å². The van der Waals surface area contributed by atoms with Crippen molar-refractivity contribution in [3.05, 3.63) is 66.9 Å². The van der Waals surface area contributed by atoms with E-state index in [0.29, 0.717) is 0 Å². The van der Waals surface area contributed by atoms with Gasteiger partial charge in [0.15, 0.2) is 0 Å². The summed E-state index contributed by atoms with van der Waals surface area (Å²) in [5, 5.41) is 0. The number of rotatable bonds is 1. The van der Waals surface area contributed by atoms with Gasteiger partial charge in [0.25, 0.3) is 0 Å². The fraction of sp³-hybridized carbons (Fsp3) is 0.200. The molecule has 1 aliphatic rings. The topological polar surface area (TPSA) is 6.48 Å². The molecule has 1 aromatic carbocycles. The molecule has 17 heavy (non-hydrogen) atoms. The first-order valence-electron chi connectivity index (χ1n) is 5.80. The Morgan fingerprint density at radius 3 is 2.65 bits per heavy atom. The van der Waals surface area contributed by atoms with Gasteiger partial charge in [-0.15, -0.1) is 0 Å². The molecule has 2 heteroatoms. The minimum atomic E-state index is 0.845. The van der Waals surface area contributed by atoms with Crippen molar-refractivity contribution in [3.63, 3.8) is 0 Å². The average molecular weight is 226 g/mol. The van der Waals surface area contributed by atoms with Crippen LogP contribution in [-0.4, -0.2) is 25.2 Å². The zero-order chi connectivity index (χ0) is 12.1. The number of nitrogens with zero attached hydrogens (tertiary/aromatic N) is 2. The molecular formula is C15H18N2. The molecular weight excluding hydrogens is 208 g/mol. The predicted octanol–water partition coefficient (Wildman–Crippen LogP) is 3.02. The molecule has 0 aromatic heterocycles. The molecule has 0 fully saturated rings. The van der Waals surface area contributed by atoms with Gasteiger partial charge in [0.2, 0.25) is 0 Å². The minimum absolute atomic E-state index is 0.845. The summed E-state index contributed by atoms with van der Waals surface area (Å²) in [5.74, 6) is 0. The molecule has 1 heterocycles. The van der Waals surface area contributed by atoms with Gasteiger partial charge >= 0.3 is 0 Å². The maximum absolute atomic E-state index is 4.13. The third-order valence-corrected chi connectivity index (χ3v) is 2.75. The van der Waals surface area contributed by atoms with Gasteiger partial charge in [-0.1, -0.05) is 43.0 Å². The van der Waals surface area contributed by atoms with Crippen LogP contribution in [0.15, 0.2) is 66.9 Å². The third-order valence-electron chi connectivity index (χ3n) is 2.75. The van der Waals surface area contributed by atoms with Crippen molar-refractivity contribution in [1.29, 1.82) is 0 Å². The van der Waals surface area contributed by atoms with E-state index in [9.17, 15) is 0 Å². The Morgan fingerprint density at radius 2 is 1.88 bits per heavy atom. The number of anilines is 1. The average Bonchev–Trinajstić information content (AvgIpc) is 2.43. The number of allylic oxidation sites excluding steroid dienone is 3. The van der Waals surface area contributed by atoms with Crippen LogP contribution >= 0.6 is 0 Å². The van der Waals surface area contributed by atoms with Gasteiger partial charge in [0.1, 0.15) is 0 Å². The Hall–Kier alpha value is -1.80. The Bertz CT molecular complexity index is 431. The molecule has 0 saturated heterocycles. The highest BCUT2D eigenvalue weighted by Crippen LogP contribution is 2.19. The number of hydrogen-bond acceptors (Lipinski definition) is 2. The van der Waals surface area contributed by atoms with Gasteiger partial charge in [-0.05, 0) is 25.3 Å². The highest BCUT2D eigenvalue weighted by atomic mass is 15.3. The standard InChI is InChI=1S/C15H18N2/c1-14-9-5-4-8-12-16(2)13-17(14)15-10-6-3-7-11-15/h3-11H,1,12-13H2,2H3/b8-4-,9-5-. The summed E-state index contributed by atoms with van der Waals surface area (Å²) >= 11 is 0. The van der Waals surface area contributed by atoms with Gasteiger partial charge in [0, 0.05) is 17.9 Å². The molecule has 0 spiro atoms. The van der Waals surface area contributed by atoms with Crippen molar-refractivity contribution < 1.29 is 0 Å². The van der Waals surface area contributed by atoms with E-state index in [1.165, 1.54) is 5.69 Å². The summed E-state index contributed by atoms with van der Waals surface area (Å²) < 4.78 is 0. The molecule has 2 nitrogen and oxygen atoms in total. The van der Waals surface area contributed by atoms with E-state index >= 15 is 0 Å². The molecule has 0 saturated carbocycles. The summed E-state index contributed by atoms with van der Waals surface area (Å²) in [6, 6.07) is 10.4.